The number of hydrogen-bond donors (Lipinski definition) is 2. The fraction of sp³-hybridized carbons (Fsp3) is 0.278. The van der Waals surface area contributed by atoms with Crippen LogP contribution in [0.15, 0.2) is 42.6 Å². The van der Waals surface area contributed by atoms with Crippen molar-refractivity contribution >= 4 is 23.3 Å². The molecule has 2 N–H and O–H groups in total. The molecule has 0 unspecified atom stereocenters. The number of nitrogens with zero attached hydrogens (tertiary/aromatic N) is 2. The zero-order valence-electron chi connectivity index (χ0n) is 14.6. The smallest absolute Gasteiger partial charge is 0.337 e. The minimum Gasteiger partial charge on any atom is -0.465 e. The molecule has 2 aromatic rings. The van der Waals surface area contributed by atoms with E-state index in [-0.39, 0.29) is 5.91 Å². The highest BCUT2D eigenvalue weighted by atomic mass is 16.5. The number of carbonyl (C=O) groups excluding carboxylic acids is 2. The van der Waals surface area contributed by atoms with Crippen molar-refractivity contribution in [2.75, 3.05) is 44.9 Å². The predicted octanol–water partition coefficient (Wildman–Crippen LogP) is 2.09. The zero-order valence-corrected chi connectivity index (χ0v) is 14.6. The fourth-order valence-electron chi connectivity index (χ4n) is 2.09. The summed E-state index contributed by atoms with van der Waals surface area (Å²) in [5, 5.41) is 6.00. The number of amides is 1. The second-order valence-corrected chi connectivity index (χ2v) is 5.68. The van der Waals surface area contributed by atoms with Gasteiger partial charge in [-0.1, -0.05) is 0 Å². The SMILES string of the molecule is COC(=O)c1ccc(NC(=O)c2cc(NCCN(C)C)ccn2)cc1. The van der Waals surface area contributed by atoms with Crippen molar-refractivity contribution in [1.82, 2.24) is 9.88 Å². The first-order valence-electron chi connectivity index (χ1n) is 7.84. The van der Waals surface area contributed by atoms with Gasteiger partial charge in [0.1, 0.15) is 5.69 Å². The lowest BCUT2D eigenvalue weighted by Gasteiger charge is -2.12. The maximum absolute atomic E-state index is 12.3. The van der Waals surface area contributed by atoms with Crippen molar-refractivity contribution < 1.29 is 14.3 Å². The lowest BCUT2D eigenvalue weighted by atomic mass is 10.2. The molecule has 1 aromatic carbocycles. The summed E-state index contributed by atoms with van der Waals surface area (Å²) in [5.74, 6) is -0.738. The lowest BCUT2D eigenvalue weighted by Crippen LogP contribution is -2.21. The average Bonchev–Trinajstić information content (AvgIpc) is 2.61. The molecule has 2 rings (SSSR count). The monoisotopic (exact) mass is 342 g/mol. The summed E-state index contributed by atoms with van der Waals surface area (Å²) in [6.07, 6.45) is 1.59. The molecular formula is C18H22N4O3. The van der Waals surface area contributed by atoms with Gasteiger partial charge < -0.3 is 20.3 Å². The molecule has 0 spiro atoms. The van der Waals surface area contributed by atoms with Crippen LogP contribution in [0.2, 0.25) is 0 Å². The van der Waals surface area contributed by atoms with Gasteiger partial charge in [-0.15, -0.1) is 0 Å². The third kappa shape index (κ3) is 5.58. The molecule has 0 saturated heterocycles. The van der Waals surface area contributed by atoms with Crippen LogP contribution >= 0.6 is 0 Å². The predicted molar refractivity (Wildman–Crippen MR) is 97.0 cm³/mol. The van der Waals surface area contributed by atoms with E-state index in [1.165, 1.54) is 7.11 Å². The number of methoxy groups -OCH3 is 1. The normalized spacial score (nSPS) is 10.4. The van der Waals surface area contributed by atoms with Crippen LogP contribution in [0.25, 0.3) is 0 Å². The Morgan fingerprint density at radius 1 is 1.12 bits per heavy atom. The molecule has 0 saturated carbocycles. The minimum absolute atomic E-state index is 0.312. The van der Waals surface area contributed by atoms with Gasteiger partial charge in [-0.2, -0.15) is 0 Å². The number of aromatic nitrogens is 1. The van der Waals surface area contributed by atoms with Crippen molar-refractivity contribution in [3.63, 3.8) is 0 Å². The summed E-state index contributed by atoms with van der Waals surface area (Å²) < 4.78 is 4.64. The third-order valence-electron chi connectivity index (χ3n) is 3.44. The van der Waals surface area contributed by atoms with Gasteiger partial charge in [-0.3, -0.25) is 9.78 Å². The molecule has 1 heterocycles. The summed E-state index contributed by atoms with van der Waals surface area (Å²) in [7, 11) is 5.32. The summed E-state index contributed by atoms with van der Waals surface area (Å²) in [4.78, 5) is 29.9. The molecule has 25 heavy (non-hydrogen) atoms. The van der Waals surface area contributed by atoms with Crippen LogP contribution in [0, 0.1) is 0 Å². The highest BCUT2D eigenvalue weighted by Crippen LogP contribution is 2.13. The van der Waals surface area contributed by atoms with E-state index < -0.39 is 5.97 Å². The Balaban J connectivity index is 1.99. The van der Waals surface area contributed by atoms with Crippen LogP contribution < -0.4 is 10.6 Å². The molecule has 0 aliphatic carbocycles. The Labute approximate surface area is 147 Å². The fourth-order valence-corrected chi connectivity index (χ4v) is 2.09. The van der Waals surface area contributed by atoms with Gasteiger partial charge in [0.05, 0.1) is 12.7 Å². The Morgan fingerprint density at radius 2 is 1.84 bits per heavy atom. The Morgan fingerprint density at radius 3 is 2.48 bits per heavy atom. The van der Waals surface area contributed by atoms with Gasteiger partial charge in [0.25, 0.3) is 5.91 Å². The number of likely N-dealkylation sites (N-methyl/N-ethyl adjacent to an activating group) is 1. The first-order valence-corrected chi connectivity index (χ1v) is 7.84. The van der Waals surface area contributed by atoms with Crippen LogP contribution in [0.4, 0.5) is 11.4 Å². The molecule has 1 amide bonds. The van der Waals surface area contributed by atoms with Crippen molar-refractivity contribution in [1.29, 1.82) is 0 Å². The van der Waals surface area contributed by atoms with Gasteiger partial charge >= 0.3 is 5.97 Å². The molecule has 132 valence electrons. The van der Waals surface area contributed by atoms with E-state index in [0.29, 0.717) is 16.9 Å². The summed E-state index contributed by atoms with van der Waals surface area (Å²) in [6.45, 7) is 1.66. The van der Waals surface area contributed by atoms with E-state index in [1.54, 1.807) is 36.5 Å². The molecule has 1 aromatic heterocycles. The largest absolute Gasteiger partial charge is 0.465 e. The standard InChI is InChI=1S/C18H22N4O3/c1-22(2)11-10-19-15-8-9-20-16(12-15)17(23)21-14-6-4-13(5-7-14)18(24)25-3/h4-9,12H,10-11H2,1-3H3,(H,19,20)(H,21,23). The lowest BCUT2D eigenvalue weighted by molar-refractivity contribution is 0.0600. The van der Waals surface area contributed by atoms with Crippen LogP contribution in [0.5, 0.6) is 0 Å². The van der Waals surface area contributed by atoms with E-state index in [4.69, 9.17) is 0 Å². The maximum Gasteiger partial charge on any atom is 0.337 e. The van der Waals surface area contributed by atoms with Crippen LogP contribution in [-0.2, 0) is 4.74 Å². The first-order chi connectivity index (χ1) is 12.0. The Kier molecular flexibility index (Phi) is 6.47. The van der Waals surface area contributed by atoms with E-state index in [0.717, 1.165) is 18.8 Å². The highest BCUT2D eigenvalue weighted by Gasteiger charge is 2.10. The molecule has 7 nitrogen and oxygen atoms in total. The van der Waals surface area contributed by atoms with Gasteiger partial charge in [0.2, 0.25) is 0 Å². The second-order valence-electron chi connectivity index (χ2n) is 5.68. The highest BCUT2D eigenvalue weighted by molar-refractivity contribution is 6.03. The Hall–Kier alpha value is -2.93. The van der Waals surface area contributed by atoms with Crippen molar-refractivity contribution in [3.05, 3.63) is 53.9 Å². The average molecular weight is 342 g/mol. The quantitative estimate of drug-likeness (QED) is 0.750. The Bertz CT molecular complexity index is 729. The first kappa shape index (κ1) is 18.4. The molecule has 0 aliphatic rings. The van der Waals surface area contributed by atoms with Gasteiger partial charge in [0.15, 0.2) is 0 Å². The minimum atomic E-state index is -0.420. The number of pyridine rings is 1. The maximum atomic E-state index is 12.3. The van der Waals surface area contributed by atoms with E-state index in [1.807, 2.05) is 20.2 Å². The molecule has 0 aliphatic heterocycles. The van der Waals surface area contributed by atoms with Crippen molar-refractivity contribution in [3.8, 4) is 0 Å². The van der Waals surface area contributed by atoms with E-state index >= 15 is 0 Å². The zero-order chi connectivity index (χ0) is 18.2. The summed E-state index contributed by atoms with van der Waals surface area (Å²) in [6, 6.07) is 9.99. The van der Waals surface area contributed by atoms with Crippen LogP contribution in [-0.4, -0.2) is 56.1 Å². The van der Waals surface area contributed by atoms with Crippen LogP contribution in [0.3, 0.4) is 0 Å². The number of benzene rings is 1. The molecule has 0 radical (unpaired) electrons. The molecule has 0 fully saturated rings. The molecule has 0 atom stereocenters. The number of hydrogen-bond acceptors (Lipinski definition) is 6. The van der Waals surface area contributed by atoms with Crippen LogP contribution in [0.1, 0.15) is 20.8 Å². The summed E-state index contributed by atoms with van der Waals surface area (Å²) in [5.41, 5.74) is 2.14. The number of rotatable bonds is 7. The number of nitrogens with one attached hydrogen (secondary N) is 2. The molecular weight excluding hydrogens is 320 g/mol. The molecule has 0 bridgehead atoms. The van der Waals surface area contributed by atoms with Crippen molar-refractivity contribution in [2.45, 2.75) is 0 Å². The summed E-state index contributed by atoms with van der Waals surface area (Å²) >= 11 is 0. The van der Waals surface area contributed by atoms with E-state index in [2.05, 4.69) is 25.3 Å². The van der Waals surface area contributed by atoms with Crippen molar-refractivity contribution in [2.24, 2.45) is 0 Å². The molecule has 7 heteroatoms. The van der Waals surface area contributed by atoms with Gasteiger partial charge in [0, 0.05) is 30.7 Å². The van der Waals surface area contributed by atoms with Gasteiger partial charge in [-0.25, -0.2) is 4.79 Å². The number of esters is 1. The third-order valence-corrected chi connectivity index (χ3v) is 3.44. The topological polar surface area (TPSA) is 83.6 Å². The number of ether oxygens (including phenoxy) is 1. The number of carbonyl (C=O) groups is 2. The number of anilines is 2. The second kappa shape index (κ2) is 8.79. The van der Waals surface area contributed by atoms with Gasteiger partial charge in [-0.05, 0) is 50.5 Å². The van der Waals surface area contributed by atoms with E-state index in [9.17, 15) is 9.59 Å².